The Morgan fingerprint density at radius 1 is 1.19 bits per heavy atom. The largest absolute Gasteiger partial charge is 0.497 e. The van der Waals surface area contributed by atoms with Crippen molar-refractivity contribution in [3.8, 4) is 11.5 Å². The molecule has 0 radical (unpaired) electrons. The summed E-state index contributed by atoms with van der Waals surface area (Å²) in [6.07, 6.45) is 3.50. The van der Waals surface area contributed by atoms with Crippen molar-refractivity contribution in [3.05, 3.63) is 66.0 Å². The van der Waals surface area contributed by atoms with Gasteiger partial charge in [-0.05, 0) is 35.9 Å². The lowest BCUT2D eigenvalue weighted by Gasteiger charge is -2.04. The van der Waals surface area contributed by atoms with E-state index in [-0.39, 0.29) is 18.9 Å². The van der Waals surface area contributed by atoms with Gasteiger partial charge in [-0.15, -0.1) is 0 Å². The minimum Gasteiger partial charge on any atom is -0.497 e. The topological polar surface area (TPSA) is 102 Å². The third-order valence-corrected chi connectivity index (χ3v) is 3.54. The van der Waals surface area contributed by atoms with Crippen molar-refractivity contribution in [2.24, 2.45) is 0 Å². The number of hydrogen-bond donors (Lipinski definition) is 2. The Hall–Kier alpha value is -3.42. The van der Waals surface area contributed by atoms with Crippen LogP contribution in [0.4, 0.5) is 0 Å². The average Bonchev–Trinajstić information content (AvgIpc) is 3.13. The van der Waals surface area contributed by atoms with Crippen LogP contribution >= 0.6 is 0 Å². The van der Waals surface area contributed by atoms with E-state index in [9.17, 15) is 4.79 Å². The Morgan fingerprint density at radius 2 is 2.00 bits per heavy atom. The van der Waals surface area contributed by atoms with E-state index in [0.717, 1.165) is 11.3 Å². The van der Waals surface area contributed by atoms with Crippen LogP contribution < -0.4 is 14.8 Å². The van der Waals surface area contributed by atoms with Gasteiger partial charge in [-0.25, -0.2) is 4.98 Å². The molecule has 0 fully saturated rings. The minimum absolute atomic E-state index is 0.0965. The Morgan fingerprint density at radius 3 is 2.73 bits per heavy atom. The molecule has 2 aromatic heterocycles. The number of amides is 1. The van der Waals surface area contributed by atoms with Crippen LogP contribution in [0, 0.1) is 0 Å². The quantitative estimate of drug-likeness (QED) is 0.638. The van der Waals surface area contributed by atoms with E-state index in [2.05, 4.69) is 25.5 Å². The van der Waals surface area contributed by atoms with Gasteiger partial charge in [0, 0.05) is 18.9 Å². The zero-order valence-electron chi connectivity index (χ0n) is 14.3. The van der Waals surface area contributed by atoms with E-state index in [4.69, 9.17) is 9.47 Å². The molecule has 0 unspecified atom stereocenters. The van der Waals surface area contributed by atoms with E-state index >= 15 is 0 Å². The summed E-state index contributed by atoms with van der Waals surface area (Å²) in [4.78, 5) is 20.2. The Bertz CT molecular complexity index is 834. The molecule has 26 heavy (non-hydrogen) atoms. The molecule has 3 aromatic rings. The number of H-pyrrole nitrogens is 1. The maximum absolute atomic E-state index is 12.0. The molecule has 2 N–H and O–H groups in total. The van der Waals surface area contributed by atoms with Crippen molar-refractivity contribution in [3.63, 3.8) is 0 Å². The number of hydrogen-bond acceptors (Lipinski definition) is 6. The summed E-state index contributed by atoms with van der Waals surface area (Å²) in [6.45, 7) is 0.654. The predicted molar refractivity (Wildman–Crippen MR) is 93.5 cm³/mol. The zero-order chi connectivity index (χ0) is 18.2. The van der Waals surface area contributed by atoms with Crippen molar-refractivity contribution >= 4 is 5.91 Å². The summed E-state index contributed by atoms with van der Waals surface area (Å²) >= 11 is 0. The monoisotopic (exact) mass is 353 g/mol. The second kappa shape index (κ2) is 8.61. The molecular formula is C18H19N5O3. The first-order valence-electron chi connectivity index (χ1n) is 8.05. The molecule has 1 aromatic carbocycles. The molecular weight excluding hydrogens is 334 g/mol. The van der Waals surface area contributed by atoms with Crippen LogP contribution in [0.15, 0.2) is 48.8 Å². The average molecular weight is 353 g/mol. The standard InChI is InChI=1S/C18H19N5O3/c1-25-14-4-6-15(7-5-14)26-12-17-21-16(22-23-17)9-18(24)20-11-13-3-2-8-19-10-13/h2-8,10H,9,11-12H2,1H3,(H,20,24)(H,21,22,23). The molecule has 0 aliphatic carbocycles. The molecule has 8 nitrogen and oxygen atoms in total. The summed E-state index contributed by atoms with van der Waals surface area (Å²) in [5.41, 5.74) is 0.935. The highest BCUT2D eigenvalue weighted by atomic mass is 16.5. The van der Waals surface area contributed by atoms with Gasteiger partial charge in [0.1, 0.15) is 18.1 Å². The van der Waals surface area contributed by atoms with Gasteiger partial charge in [-0.1, -0.05) is 6.07 Å². The summed E-state index contributed by atoms with van der Waals surface area (Å²) < 4.78 is 10.7. The fraction of sp³-hybridized carbons (Fsp3) is 0.222. The fourth-order valence-corrected chi connectivity index (χ4v) is 2.21. The SMILES string of the molecule is COc1ccc(OCc2nc(CC(=O)NCc3cccnc3)n[nH]2)cc1. The molecule has 0 saturated carbocycles. The van der Waals surface area contributed by atoms with Gasteiger partial charge >= 0.3 is 0 Å². The number of carbonyl (C=O) groups excluding carboxylic acids is 1. The van der Waals surface area contributed by atoms with E-state index in [1.54, 1.807) is 19.5 Å². The van der Waals surface area contributed by atoms with Crippen LogP contribution in [0.2, 0.25) is 0 Å². The molecule has 0 bridgehead atoms. The number of ether oxygens (including phenoxy) is 2. The third-order valence-electron chi connectivity index (χ3n) is 3.54. The molecule has 2 heterocycles. The lowest BCUT2D eigenvalue weighted by atomic mass is 10.3. The summed E-state index contributed by atoms with van der Waals surface area (Å²) in [6, 6.07) is 11.0. The molecule has 134 valence electrons. The first-order valence-corrected chi connectivity index (χ1v) is 8.05. The van der Waals surface area contributed by atoms with Crippen molar-refractivity contribution < 1.29 is 14.3 Å². The van der Waals surface area contributed by atoms with Gasteiger partial charge in [0.05, 0.1) is 13.5 Å². The number of rotatable bonds is 8. The Balaban J connectivity index is 1.45. The molecule has 0 spiro atoms. The van der Waals surface area contributed by atoms with Gasteiger partial charge in [0.25, 0.3) is 0 Å². The molecule has 0 saturated heterocycles. The second-order valence-electron chi connectivity index (χ2n) is 5.48. The summed E-state index contributed by atoms with van der Waals surface area (Å²) in [7, 11) is 1.61. The highest BCUT2D eigenvalue weighted by molar-refractivity contribution is 5.77. The first-order chi connectivity index (χ1) is 12.7. The first kappa shape index (κ1) is 17.4. The van der Waals surface area contributed by atoms with Crippen molar-refractivity contribution in [2.75, 3.05) is 7.11 Å². The Labute approximate surface area is 150 Å². The molecule has 1 amide bonds. The normalized spacial score (nSPS) is 10.3. The second-order valence-corrected chi connectivity index (χ2v) is 5.48. The maximum atomic E-state index is 12.0. The van der Waals surface area contributed by atoms with Crippen LogP contribution in [-0.4, -0.2) is 33.2 Å². The van der Waals surface area contributed by atoms with E-state index in [0.29, 0.717) is 23.9 Å². The Kier molecular flexibility index (Phi) is 5.76. The van der Waals surface area contributed by atoms with E-state index in [1.165, 1.54) is 0 Å². The predicted octanol–water partition coefficient (Wildman–Crippen LogP) is 1.65. The highest BCUT2D eigenvalue weighted by Crippen LogP contribution is 2.17. The van der Waals surface area contributed by atoms with Gasteiger partial charge < -0.3 is 14.8 Å². The summed E-state index contributed by atoms with van der Waals surface area (Å²) in [5.74, 6) is 2.27. The summed E-state index contributed by atoms with van der Waals surface area (Å²) in [5, 5.41) is 9.63. The van der Waals surface area contributed by atoms with Crippen LogP contribution in [0.1, 0.15) is 17.2 Å². The number of nitrogens with zero attached hydrogens (tertiary/aromatic N) is 3. The van der Waals surface area contributed by atoms with Gasteiger partial charge in [0.2, 0.25) is 5.91 Å². The van der Waals surface area contributed by atoms with Crippen molar-refractivity contribution in [1.82, 2.24) is 25.5 Å². The zero-order valence-corrected chi connectivity index (χ0v) is 14.3. The molecule has 3 rings (SSSR count). The molecule has 0 aliphatic rings. The van der Waals surface area contributed by atoms with Crippen molar-refractivity contribution in [2.45, 2.75) is 19.6 Å². The number of carbonyl (C=O) groups is 1. The third kappa shape index (κ3) is 5.04. The fourth-order valence-electron chi connectivity index (χ4n) is 2.21. The number of benzene rings is 1. The van der Waals surface area contributed by atoms with Crippen LogP contribution in [0.3, 0.4) is 0 Å². The molecule has 0 aliphatic heterocycles. The lowest BCUT2D eigenvalue weighted by Crippen LogP contribution is -2.25. The van der Waals surface area contributed by atoms with Crippen LogP contribution in [0.25, 0.3) is 0 Å². The molecule has 0 atom stereocenters. The lowest BCUT2D eigenvalue weighted by molar-refractivity contribution is -0.120. The minimum atomic E-state index is -0.157. The number of aromatic amines is 1. The smallest absolute Gasteiger partial charge is 0.228 e. The maximum Gasteiger partial charge on any atom is 0.228 e. The van der Waals surface area contributed by atoms with Crippen molar-refractivity contribution in [1.29, 1.82) is 0 Å². The number of pyridine rings is 1. The van der Waals surface area contributed by atoms with Crippen LogP contribution in [-0.2, 0) is 24.4 Å². The van der Waals surface area contributed by atoms with Gasteiger partial charge in [-0.3, -0.25) is 14.9 Å². The van der Waals surface area contributed by atoms with Gasteiger partial charge in [-0.2, -0.15) is 5.10 Å². The molecule has 8 heteroatoms. The van der Waals surface area contributed by atoms with Crippen LogP contribution in [0.5, 0.6) is 11.5 Å². The van der Waals surface area contributed by atoms with E-state index in [1.807, 2.05) is 36.4 Å². The number of nitrogens with one attached hydrogen (secondary N) is 2. The number of aromatic nitrogens is 4. The van der Waals surface area contributed by atoms with E-state index < -0.39 is 0 Å². The number of methoxy groups -OCH3 is 1. The van der Waals surface area contributed by atoms with Gasteiger partial charge in [0.15, 0.2) is 11.6 Å². The highest BCUT2D eigenvalue weighted by Gasteiger charge is 2.09.